The van der Waals surface area contributed by atoms with E-state index in [0.717, 1.165) is 4.88 Å². The predicted molar refractivity (Wildman–Crippen MR) is 62.8 cm³/mol. The fraction of sp³-hybridized carbons (Fsp3) is 0.364. The third kappa shape index (κ3) is 4.27. The zero-order valence-corrected chi connectivity index (χ0v) is 9.67. The van der Waals surface area contributed by atoms with Gasteiger partial charge >= 0.3 is 0 Å². The number of nitrogens with one attached hydrogen (secondary N) is 1. The second-order valence-electron chi connectivity index (χ2n) is 3.37. The van der Waals surface area contributed by atoms with Crippen molar-refractivity contribution in [2.75, 3.05) is 6.61 Å². The molecule has 0 saturated carbocycles. The first-order valence-corrected chi connectivity index (χ1v) is 5.59. The molecule has 0 aromatic carbocycles. The molecule has 0 spiro atoms. The van der Waals surface area contributed by atoms with Crippen molar-refractivity contribution in [3.8, 4) is 0 Å². The van der Waals surface area contributed by atoms with Gasteiger partial charge in [0.05, 0.1) is 6.61 Å². The van der Waals surface area contributed by atoms with Gasteiger partial charge in [0.2, 0.25) is 5.91 Å². The number of aliphatic hydroxyl groups excluding tert-OH is 1. The van der Waals surface area contributed by atoms with Crippen LogP contribution in [-0.2, 0) is 4.79 Å². The van der Waals surface area contributed by atoms with Crippen LogP contribution in [0.1, 0.15) is 16.7 Å². The summed E-state index contributed by atoms with van der Waals surface area (Å²) in [5.41, 5.74) is 0. The van der Waals surface area contributed by atoms with Crippen LogP contribution in [0.15, 0.2) is 18.2 Å². The Morgan fingerprint density at radius 1 is 1.67 bits per heavy atom. The van der Waals surface area contributed by atoms with Gasteiger partial charge in [0.15, 0.2) is 0 Å². The molecule has 1 aromatic heterocycles. The minimum Gasteiger partial charge on any atom is -0.394 e. The van der Waals surface area contributed by atoms with Gasteiger partial charge in [-0.2, -0.15) is 0 Å². The zero-order chi connectivity index (χ0) is 11.3. The average Bonchev–Trinajstić information content (AvgIpc) is 2.61. The molecule has 3 nitrogen and oxygen atoms in total. The Hall–Kier alpha value is -1.13. The van der Waals surface area contributed by atoms with Crippen LogP contribution in [0.4, 0.5) is 0 Å². The van der Waals surface area contributed by atoms with Gasteiger partial charge in [-0.05, 0) is 32.1 Å². The Bertz CT molecular complexity index is 357. The largest absolute Gasteiger partial charge is 0.394 e. The van der Waals surface area contributed by atoms with Gasteiger partial charge in [-0.1, -0.05) is 0 Å². The fourth-order valence-electron chi connectivity index (χ4n) is 1.04. The van der Waals surface area contributed by atoms with Crippen molar-refractivity contribution in [2.24, 2.45) is 0 Å². The highest BCUT2D eigenvalue weighted by Crippen LogP contribution is 2.16. The number of aryl methyl sites for hydroxylation is 1. The van der Waals surface area contributed by atoms with Crippen LogP contribution >= 0.6 is 11.3 Å². The van der Waals surface area contributed by atoms with Gasteiger partial charge in [-0.3, -0.25) is 4.79 Å². The van der Waals surface area contributed by atoms with Crippen molar-refractivity contribution in [3.63, 3.8) is 0 Å². The lowest BCUT2D eigenvalue weighted by atomic mass is 10.3. The van der Waals surface area contributed by atoms with E-state index < -0.39 is 0 Å². The number of rotatable bonds is 4. The molecule has 82 valence electrons. The van der Waals surface area contributed by atoms with E-state index in [4.69, 9.17) is 5.11 Å². The molecule has 0 bridgehead atoms. The maximum Gasteiger partial charge on any atom is 0.244 e. The van der Waals surface area contributed by atoms with Crippen molar-refractivity contribution in [1.82, 2.24) is 5.32 Å². The molecule has 1 rings (SSSR count). The molecule has 0 radical (unpaired) electrons. The summed E-state index contributed by atoms with van der Waals surface area (Å²) in [6.45, 7) is 3.73. The fourth-order valence-corrected chi connectivity index (χ4v) is 1.82. The molecule has 1 atom stereocenters. The molecule has 15 heavy (non-hydrogen) atoms. The Balaban J connectivity index is 2.47. The van der Waals surface area contributed by atoms with Gasteiger partial charge in [-0.25, -0.2) is 0 Å². The molecule has 0 fully saturated rings. The lowest BCUT2D eigenvalue weighted by molar-refractivity contribution is -0.117. The smallest absolute Gasteiger partial charge is 0.244 e. The van der Waals surface area contributed by atoms with Crippen LogP contribution in [0.3, 0.4) is 0 Å². The number of hydrogen-bond acceptors (Lipinski definition) is 3. The third-order valence-electron chi connectivity index (χ3n) is 1.82. The molecular formula is C11H15NO2S. The van der Waals surface area contributed by atoms with Crippen LogP contribution in [0.2, 0.25) is 0 Å². The summed E-state index contributed by atoms with van der Waals surface area (Å²) < 4.78 is 0. The number of thiophene rings is 1. The van der Waals surface area contributed by atoms with E-state index in [2.05, 4.69) is 5.32 Å². The Labute approximate surface area is 93.4 Å². The topological polar surface area (TPSA) is 49.3 Å². The van der Waals surface area contributed by atoms with Gasteiger partial charge in [0.1, 0.15) is 0 Å². The summed E-state index contributed by atoms with van der Waals surface area (Å²) in [6.07, 6.45) is 3.26. The van der Waals surface area contributed by atoms with E-state index in [9.17, 15) is 4.79 Å². The Morgan fingerprint density at radius 2 is 2.40 bits per heavy atom. The van der Waals surface area contributed by atoms with Gasteiger partial charge in [-0.15, -0.1) is 11.3 Å². The van der Waals surface area contributed by atoms with Crippen molar-refractivity contribution in [1.29, 1.82) is 0 Å². The summed E-state index contributed by atoms with van der Waals surface area (Å²) in [5, 5.41) is 11.4. The number of hydrogen-bond donors (Lipinski definition) is 2. The molecule has 2 N–H and O–H groups in total. The van der Waals surface area contributed by atoms with Crippen LogP contribution in [0.5, 0.6) is 0 Å². The summed E-state index contributed by atoms with van der Waals surface area (Å²) in [7, 11) is 0. The minimum absolute atomic E-state index is 0.0440. The SMILES string of the molecule is Cc1ccc(C=CC(=O)N[C@@H](C)CO)s1. The molecule has 0 unspecified atom stereocenters. The standard InChI is InChI=1S/C11H15NO2S/c1-8(7-13)12-11(14)6-5-10-4-3-9(2)15-10/h3-6,8,13H,7H2,1-2H3,(H,12,14)/t8-/m0/s1. The second kappa shape index (κ2) is 5.68. The monoisotopic (exact) mass is 225 g/mol. The van der Waals surface area contributed by atoms with Crippen LogP contribution in [0.25, 0.3) is 6.08 Å². The lowest BCUT2D eigenvalue weighted by Gasteiger charge is -2.07. The first-order chi connectivity index (χ1) is 7.11. The van der Waals surface area contributed by atoms with E-state index in [0.29, 0.717) is 0 Å². The third-order valence-corrected chi connectivity index (χ3v) is 2.79. The van der Waals surface area contributed by atoms with Crippen molar-refractivity contribution < 1.29 is 9.90 Å². The number of carbonyl (C=O) groups excluding carboxylic acids is 1. The van der Waals surface area contributed by atoms with E-state index in [1.165, 1.54) is 11.0 Å². The van der Waals surface area contributed by atoms with Crippen molar-refractivity contribution in [3.05, 3.63) is 28.0 Å². The molecular weight excluding hydrogens is 210 g/mol. The molecule has 1 amide bonds. The highest BCUT2D eigenvalue weighted by Gasteiger charge is 2.01. The minimum atomic E-state index is -0.202. The molecule has 0 aliphatic rings. The molecule has 0 saturated heterocycles. The summed E-state index contributed by atoms with van der Waals surface area (Å²) in [4.78, 5) is 13.6. The summed E-state index contributed by atoms with van der Waals surface area (Å²) in [5.74, 6) is -0.178. The molecule has 1 aromatic rings. The Kier molecular flexibility index (Phi) is 4.52. The average molecular weight is 225 g/mol. The van der Waals surface area contributed by atoms with Crippen LogP contribution in [0, 0.1) is 6.92 Å². The number of carbonyl (C=O) groups is 1. The zero-order valence-electron chi connectivity index (χ0n) is 8.86. The normalized spacial score (nSPS) is 13.0. The van der Waals surface area contributed by atoms with E-state index >= 15 is 0 Å². The first-order valence-electron chi connectivity index (χ1n) is 4.77. The van der Waals surface area contributed by atoms with Gasteiger partial charge in [0, 0.05) is 21.9 Å². The molecule has 1 heterocycles. The molecule has 0 aliphatic heterocycles. The summed E-state index contributed by atoms with van der Waals surface area (Å²) >= 11 is 1.64. The van der Waals surface area contributed by atoms with E-state index in [1.54, 1.807) is 24.3 Å². The van der Waals surface area contributed by atoms with Gasteiger partial charge in [0.25, 0.3) is 0 Å². The highest BCUT2D eigenvalue weighted by molar-refractivity contribution is 7.12. The second-order valence-corrected chi connectivity index (χ2v) is 4.69. The van der Waals surface area contributed by atoms with E-state index in [1.807, 2.05) is 19.1 Å². The van der Waals surface area contributed by atoms with Crippen molar-refractivity contribution in [2.45, 2.75) is 19.9 Å². The summed E-state index contributed by atoms with van der Waals surface area (Å²) in [6, 6.07) is 3.78. The highest BCUT2D eigenvalue weighted by atomic mass is 32.1. The van der Waals surface area contributed by atoms with Crippen molar-refractivity contribution >= 4 is 23.3 Å². The first kappa shape index (κ1) is 11.9. The Morgan fingerprint density at radius 3 is 2.93 bits per heavy atom. The maximum absolute atomic E-state index is 11.3. The lowest BCUT2D eigenvalue weighted by Crippen LogP contribution is -2.33. The van der Waals surface area contributed by atoms with E-state index in [-0.39, 0.29) is 18.6 Å². The molecule has 0 aliphatic carbocycles. The molecule has 4 heteroatoms. The quantitative estimate of drug-likeness (QED) is 0.764. The van der Waals surface area contributed by atoms with Crippen LogP contribution < -0.4 is 5.32 Å². The maximum atomic E-state index is 11.3. The number of amides is 1. The predicted octanol–water partition coefficient (Wildman–Crippen LogP) is 1.57. The van der Waals surface area contributed by atoms with Gasteiger partial charge < -0.3 is 10.4 Å². The number of aliphatic hydroxyl groups is 1. The van der Waals surface area contributed by atoms with Crippen LogP contribution in [-0.4, -0.2) is 23.7 Å².